The molecule has 8 heteroatoms. The van der Waals surface area contributed by atoms with Gasteiger partial charge in [-0.1, -0.05) is 12.1 Å². The molecule has 2 amide bonds. The van der Waals surface area contributed by atoms with Crippen LogP contribution >= 0.6 is 0 Å². The van der Waals surface area contributed by atoms with E-state index >= 15 is 0 Å². The van der Waals surface area contributed by atoms with E-state index in [-0.39, 0.29) is 18.0 Å². The molecule has 0 radical (unpaired) electrons. The molecular formula is C13H14F3N3O2. The first-order valence-electron chi connectivity index (χ1n) is 6.35. The Morgan fingerprint density at radius 3 is 2.67 bits per heavy atom. The van der Waals surface area contributed by atoms with Crippen molar-refractivity contribution in [2.24, 2.45) is 0 Å². The Labute approximate surface area is 118 Å². The van der Waals surface area contributed by atoms with E-state index in [0.29, 0.717) is 13.1 Å². The second-order valence-corrected chi connectivity index (χ2v) is 4.59. The molecule has 0 aliphatic carbocycles. The highest BCUT2D eigenvalue weighted by atomic mass is 19.4. The van der Waals surface area contributed by atoms with Gasteiger partial charge in [-0.05, 0) is 12.1 Å². The van der Waals surface area contributed by atoms with Crippen LogP contribution in [0.5, 0.6) is 0 Å². The van der Waals surface area contributed by atoms with Crippen LogP contribution < -0.4 is 16.0 Å². The van der Waals surface area contributed by atoms with Gasteiger partial charge in [0.25, 0.3) is 0 Å². The normalized spacial score (nSPS) is 19.0. The van der Waals surface area contributed by atoms with Crippen molar-refractivity contribution >= 4 is 17.5 Å². The maximum Gasteiger partial charge on any atom is 0.418 e. The number of anilines is 1. The molecule has 1 saturated heterocycles. The van der Waals surface area contributed by atoms with E-state index in [9.17, 15) is 22.8 Å². The molecule has 2 rings (SSSR count). The van der Waals surface area contributed by atoms with Crippen molar-refractivity contribution in [2.45, 2.75) is 18.6 Å². The van der Waals surface area contributed by atoms with Crippen molar-refractivity contribution in [3.63, 3.8) is 0 Å². The SMILES string of the molecule is O=C(CC1NCCNC1=O)Nc1ccccc1C(F)(F)F. The third kappa shape index (κ3) is 3.94. The highest BCUT2D eigenvalue weighted by Crippen LogP contribution is 2.34. The Morgan fingerprint density at radius 2 is 2.00 bits per heavy atom. The van der Waals surface area contributed by atoms with E-state index in [2.05, 4.69) is 16.0 Å². The maximum absolute atomic E-state index is 12.8. The Hall–Kier alpha value is -2.09. The fourth-order valence-electron chi connectivity index (χ4n) is 2.04. The average Bonchev–Trinajstić information content (AvgIpc) is 2.41. The molecule has 1 aromatic carbocycles. The van der Waals surface area contributed by atoms with E-state index in [1.54, 1.807) is 0 Å². The lowest BCUT2D eigenvalue weighted by Crippen LogP contribution is -2.53. The van der Waals surface area contributed by atoms with E-state index in [0.717, 1.165) is 6.07 Å². The van der Waals surface area contributed by atoms with Crippen LogP contribution in [0.1, 0.15) is 12.0 Å². The number of carbonyl (C=O) groups excluding carboxylic acids is 2. The number of hydrogen-bond acceptors (Lipinski definition) is 3. The van der Waals surface area contributed by atoms with Crippen LogP contribution in [0.25, 0.3) is 0 Å². The van der Waals surface area contributed by atoms with Crippen LogP contribution in [0.4, 0.5) is 18.9 Å². The number of halogens is 3. The molecule has 0 saturated carbocycles. The lowest BCUT2D eigenvalue weighted by molar-refractivity contribution is -0.137. The van der Waals surface area contributed by atoms with Crippen LogP contribution in [-0.4, -0.2) is 30.9 Å². The highest BCUT2D eigenvalue weighted by molar-refractivity contribution is 5.96. The Morgan fingerprint density at radius 1 is 1.29 bits per heavy atom. The van der Waals surface area contributed by atoms with Crippen LogP contribution in [0.3, 0.4) is 0 Å². The molecular weight excluding hydrogens is 287 g/mol. The van der Waals surface area contributed by atoms with Gasteiger partial charge in [0, 0.05) is 13.1 Å². The summed E-state index contributed by atoms with van der Waals surface area (Å²) in [6.07, 6.45) is -4.78. The minimum absolute atomic E-state index is 0.224. The summed E-state index contributed by atoms with van der Waals surface area (Å²) >= 11 is 0. The molecule has 1 aliphatic rings. The summed E-state index contributed by atoms with van der Waals surface area (Å²) in [5.74, 6) is -0.984. The Balaban J connectivity index is 2.05. The van der Waals surface area contributed by atoms with Gasteiger partial charge in [0.05, 0.1) is 23.7 Å². The number of nitrogens with one attached hydrogen (secondary N) is 3. The largest absolute Gasteiger partial charge is 0.418 e. The molecule has 1 aliphatic heterocycles. The first kappa shape index (κ1) is 15.3. The van der Waals surface area contributed by atoms with Crippen molar-refractivity contribution in [1.29, 1.82) is 0 Å². The summed E-state index contributed by atoms with van der Waals surface area (Å²) < 4.78 is 38.4. The van der Waals surface area contributed by atoms with Crippen LogP contribution in [0, 0.1) is 0 Å². The van der Waals surface area contributed by atoms with Gasteiger partial charge in [-0.25, -0.2) is 0 Å². The second-order valence-electron chi connectivity index (χ2n) is 4.59. The predicted octanol–water partition coefficient (Wildman–Crippen LogP) is 1.12. The monoisotopic (exact) mass is 301 g/mol. The molecule has 1 fully saturated rings. The van der Waals surface area contributed by atoms with Crippen LogP contribution in [-0.2, 0) is 15.8 Å². The summed E-state index contributed by atoms with van der Waals surface area (Å²) in [5, 5.41) is 7.62. The molecule has 5 nitrogen and oxygen atoms in total. The quantitative estimate of drug-likeness (QED) is 0.783. The highest BCUT2D eigenvalue weighted by Gasteiger charge is 2.34. The predicted molar refractivity (Wildman–Crippen MR) is 69.5 cm³/mol. The van der Waals surface area contributed by atoms with Gasteiger partial charge in [0.2, 0.25) is 11.8 Å². The number of amides is 2. The molecule has 114 valence electrons. The molecule has 0 spiro atoms. The van der Waals surface area contributed by atoms with Crippen molar-refractivity contribution in [2.75, 3.05) is 18.4 Å². The molecule has 1 unspecified atom stereocenters. The van der Waals surface area contributed by atoms with Gasteiger partial charge in [0.15, 0.2) is 0 Å². The first-order chi connectivity index (χ1) is 9.88. The van der Waals surface area contributed by atoms with E-state index in [4.69, 9.17) is 0 Å². The standard InChI is InChI=1S/C13H14F3N3O2/c14-13(15,16)8-3-1-2-4-9(8)19-11(20)7-10-12(21)18-6-5-17-10/h1-4,10,17H,5-7H2,(H,18,21)(H,19,20). The molecule has 1 heterocycles. The smallest absolute Gasteiger partial charge is 0.353 e. The zero-order valence-corrected chi connectivity index (χ0v) is 11.0. The fraction of sp³-hybridized carbons (Fsp3) is 0.385. The Kier molecular flexibility index (Phi) is 4.46. The zero-order chi connectivity index (χ0) is 15.5. The van der Waals surface area contributed by atoms with Gasteiger partial charge >= 0.3 is 6.18 Å². The lowest BCUT2D eigenvalue weighted by atomic mass is 10.1. The molecule has 1 atom stereocenters. The summed E-state index contributed by atoms with van der Waals surface area (Å²) in [7, 11) is 0. The third-order valence-electron chi connectivity index (χ3n) is 3.03. The van der Waals surface area contributed by atoms with Gasteiger partial charge < -0.3 is 16.0 Å². The van der Waals surface area contributed by atoms with Gasteiger partial charge in [-0.3, -0.25) is 9.59 Å². The van der Waals surface area contributed by atoms with E-state index in [1.807, 2.05) is 0 Å². The van der Waals surface area contributed by atoms with Crippen LogP contribution in [0.15, 0.2) is 24.3 Å². The van der Waals surface area contributed by atoms with Gasteiger partial charge in [0.1, 0.15) is 0 Å². The zero-order valence-electron chi connectivity index (χ0n) is 11.0. The van der Waals surface area contributed by atoms with E-state index in [1.165, 1.54) is 18.2 Å². The van der Waals surface area contributed by atoms with Crippen molar-refractivity contribution in [3.05, 3.63) is 29.8 Å². The Bertz CT molecular complexity index is 546. The lowest BCUT2D eigenvalue weighted by Gasteiger charge is -2.23. The van der Waals surface area contributed by atoms with Crippen molar-refractivity contribution < 1.29 is 22.8 Å². The van der Waals surface area contributed by atoms with Gasteiger partial charge in [-0.15, -0.1) is 0 Å². The van der Waals surface area contributed by atoms with Crippen LogP contribution in [0.2, 0.25) is 0 Å². The third-order valence-corrected chi connectivity index (χ3v) is 3.03. The minimum Gasteiger partial charge on any atom is -0.353 e. The summed E-state index contributed by atoms with van der Waals surface area (Å²) in [5.41, 5.74) is -1.23. The van der Waals surface area contributed by atoms with E-state index < -0.39 is 23.7 Å². The summed E-state index contributed by atoms with van der Waals surface area (Å²) in [4.78, 5) is 23.3. The fourth-order valence-corrected chi connectivity index (χ4v) is 2.04. The number of hydrogen-bond donors (Lipinski definition) is 3. The molecule has 1 aromatic rings. The number of piperazine rings is 1. The average molecular weight is 301 g/mol. The molecule has 0 aromatic heterocycles. The molecule has 21 heavy (non-hydrogen) atoms. The number of benzene rings is 1. The number of rotatable bonds is 3. The minimum atomic E-state index is -4.55. The summed E-state index contributed by atoms with van der Waals surface area (Å²) in [6, 6.07) is 3.98. The topological polar surface area (TPSA) is 70.2 Å². The first-order valence-corrected chi connectivity index (χ1v) is 6.35. The van der Waals surface area contributed by atoms with Crippen molar-refractivity contribution in [1.82, 2.24) is 10.6 Å². The number of alkyl halides is 3. The van der Waals surface area contributed by atoms with Gasteiger partial charge in [-0.2, -0.15) is 13.2 Å². The molecule has 3 N–H and O–H groups in total. The van der Waals surface area contributed by atoms with Crippen molar-refractivity contribution in [3.8, 4) is 0 Å². The summed E-state index contributed by atoms with van der Waals surface area (Å²) in [6.45, 7) is 0.983. The maximum atomic E-state index is 12.8. The molecule has 0 bridgehead atoms. The second kappa shape index (κ2) is 6.13. The number of para-hydroxylation sites is 1. The number of carbonyl (C=O) groups is 2.